The fraction of sp³-hybridized carbons (Fsp3) is 0.333. The van der Waals surface area contributed by atoms with Crippen molar-refractivity contribution >= 4 is 55.6 Å². The summed E-state index contributed by atoms with van der Waals surface area (Å²) in [4.78, 5) is 28.0. The third-order valence-electron chi connectivity index (χ3n) is 5.91. The van der Waals surface area contributed by atoms with E-state index in [0.717, 1.165) is 33.0 Å². The number of amides is 2. The van der Waals surface area contributed by atoms with Crippen LogP contribution in [0, 0.1) is 0 Å². The van der Waals surface area contributed by atoms with Crippen molar-refractivity contribution in [2.75, 3.05) is 35.6 Å². The van der Waals surface area contributed by atoms with Crippen LogP contribution in [-0.4, -0.2) is 56.7 Å². The van der Waals surface area contributed by atoms with E-state index in [1.807, 2.05) is 16.3 Å². The zero-order valence-electron chi connectivity index (χ0n) is 20.0. The molecule has 1 atom stereocenters. The molecule has 3 aromatic heterocycles. The third-order valence-corrected chi connectivity index (χ3v) is 7.80. The SMILES string of the molecule is O=C(Nc1cc(CN2CC[C@@H](O)C2)cc(C(F)(F)F)c1)Nc1ncc(CCNc2ncnc3ccsc23)s1. The van der Waals surface area contributed by atoms with Gasteiger partial charge in [-0.05, 0) is 41.6 Å². The highest BCUT2D eigenvalue weighted by atomic mass is 32.1. The normalized spacial score (nSPS) is 16.2. The first-order valence-electron chi connectivity index (χ1n) is 11.8. The molecule has 4 heterocycles. The molecule has 4 aromatic rings. The lowest BCUT2D eigenvalue weighted by Crippen LogP contribution is -2.23. The number of likely N-dealkylation sites (tertiary alicyclic amines) is 1. The molecule has 0 unspecified atom stereocenters. The number of nitrogens with zero attached hydrogens (tertiary/aromatic N) is 4. The minimum Gasteiger partial charge on any atom is -0.392 e. The number of fused-ring (bicyclic) bond motifs is 1. The Kier molecular flexibility index (Phi) is 7.74. The second kappa shape index (κ2) is 11.2. The molecule has 0 spiro atoms. The van der Waals surface area contributed by atoms with Crippen LogP contribution in [-0.2, 0) is 19.1 Å². The number of benzene rings is 1. The van der Waals surface area contributed by atoms with Crippen molar-refractivity contribution in [3.05, 3.63) is 58.2 Å². The molecule has 0 bridgehead atoms. The van der Waals surface area contributed by atoms with Gasteiger partial charge in [-0.1, -0.05) is 0 Å². The Bertz CT molecular complexity index is 1430. The average molecular weight is 564 g/mol. The summed E-state index contributed by atoms with van der Waals surface area (Å²) in [7, 11) is 0. The van der Waals surface area contributed by atoms with Gasteiger partial charge in [0.15, 0.2) is 5.13 Å². The third kappa shape index (κ3) is 6.56. The quantitative estimate of drug-likeness (QED) is 0.238. The highest BCUT2D eigenvalue weighted by Crippen LogP contribution is 2.33. The lowest BCUT2D eigenvalue weighted by molar-refractivity contribution is -0.137. The van der Waals surface area contributed by atoms with Crippen LogP contribution >= 0.6 is 22.7 Å². The van der Waals surface area contributed by atoms with Crippen LogP contribution in [0.1, 0.15) is 22.4 Å². The Morgan fingerprint density at radius 1 is 1.18 bits per heavy atom. The number of nitrogens with one attached hydrogen (secondary N) is 3. The molecule has 0 radical (unpaired) electrons. The monoisotopic (exact) mass is 563 g/mol. The highest BCUT2D eigenvalue weighted by molar-refractivity contribution is 7.17. The van der Waals surface area contributed by atoms with Crippen molar-refractivity contribution in [3.63, 3.8) is 0 Å². The topological polar surface area (TPSA) is 115 Å². The van der Waals surface area contributed by atoms with Crippen LogP contribution in [0.15, 0.2) is 42.2 Å². The van der Waals surface area contributed by atoms with E-state index in [1.54, 1.807) is 17.5 Å². The van der Waals surface area contributed by atoms with Crippen molar-refractivity contribution in [2.24, 2.45) is 0 Å². The number of anilines is 3. The van der Waals surface area contributed by atoms with Gasteiger partial charge in [-0.25, -0.2) is 19.7 Å². The number of hydrogen-bond acceptors (Lipinski definition) is 9. The summed E-state index contributed by atoms with van der Waals surface area (Å²) in [5.74, 6) is 0.758. The van der Waals surface area contributed by atoms with Crippen LogP contribution < -0.4 is 16.0 Å². The van der Waals surface area contributed by atoms with Gasteiger partial charge in [0.05, 0.1) is 21.9 Å². The molecular formula is C24H24F3N7O2S2. The summed E-state index contributed by atoms with van der Waals surface area (Å²) in [6.45, 7) is 1.84. The second-order valence-corrected chi connectivity index (χ2v) is 10.9. The molecule has 1 aliphatic rings. The van der Waals surface area contributed by atoms with Gasteiger partial charge in [-0.2, -0.15) is 13.2 Å². The molecule has 200 valence electrons. The number of thiazole rings is 1. The number of aliphatic hydroxyl groups is 1. The summed E-state index contributed by atoms with van der Waals surface area (Å²) in [5.41, 5.74) is 0.456. The van der Waals surface area contributed by atoms with E-state index < -0.39 is 23.9 Å². The maximum Gasteiger partial charge on any atom is 0.416 e. The van der Waals surface area contributed by atoms with Gasteiger partial charge in [0.2, 0.25) is 0 Å². The summed E-state index contributed by atoms with van der Waals surface area (Å²) in [5, 5.41) is 20.4. The number of hydrogen-bond donors (Lipinski definition) is 4. The Hall–Kier alpha value is -3.33. The number of carbonyl (C=O) groups excluding carboxylic acids is 1. The lowest BCUT2D eigenvalue weighted by atomic mass is 10.1. The molecular weight excluding hydrogens is 539 g/mol. The standard InChI is InChI=1S/C24H24F3N7O2S2/c25-24(26,27)15-7-14(11-34-5-2-17(35)12-34)8-16(9-15)32-22(36)33-23-29-10-18(38-23)1-4-28-21-20-19(3-6-37-20)30-13-31-21/h3,6-10,13,17,35H,1-2,4-5,11-12H2,(H,28,30,31)(H2,29,32,33,36)/t17-/m1/s1. The van der Waals surface area contributed by atoms with Gasteiger partial charge >= 0.3 is 12.2 Å². The zero-order chi connectivity index (χ0) is 26.7. The van der Waals surface area contributed by atoms with Crippen molar-refractivity contribution in [3.8, 4) is 0 Å². The molecule has 14 heteroatoms. The van der Waals surface area contributed by atoms with Crippen molar-refractivity contribution in [1.29, 1.82) is 0 Å². The number of aromatic nitrogens is 3. The summed E-state index contributed by atoms with van der Waals surface area (Å²) >= 11 is 2.84. The number of carbonyl (C=O) groups is 1. The van der Waals surface area contributed by atoms with Crippen molar-refractivity contribution in [1.82, 2.24) is 19.9 Å². The van der Waals surface area contributed by atoms with E-state index in [4.69, 9.17) is 0 Å². The predicted molar refractivity (Wildman–Crippen MR) is 142 cm³/mol. The number of halogens is 3. The van der Waals surface area contributed by atoms with Gasteiger partial charge in [0.25, 0.3) is 0 Å². The minimum absolute atomic E-state index is 0.0257. The van der Waals surface area contributed by atoms with Crippen molar-refractivity contribution < 1.29 is 23.1 Å². The fourth-order valence-electron chi connectivity index (χ4n) is 4.19. The fourth-order valence-corrected chi connectivity index (χ4v) is 5.81. The van der Waals surface area contributed by atoms with Gasteiger partial charge in [0, 0.05) is 49.4 Å². The molecule has 1 aromatic carbocycles. The number of aliphatic hydroxyl groups excluding tert-OH is 1. The molecule has 1 aliphatic heterocycles. The lowest BCUT2D eigenvalue weighted by Gasteiger charge is -2.18. The van der Waals surface area contributed by atoms with E-state index >= 15 is 0 Å². The van der Waals surface area contributed by atoms with Crippen LogP contribution in [0.5, 0.6) is 0 Å². The maximum atomic E-state index is 13.5. The summed E-state index contributed by atoms with van der Waals surface area (Å²) in [6, 6.07) is 4.72. The van der Waals surface area contributed by atoms with E-state index in [2.05, 4.69) is 30.9 Å². The zero-order valence-corrected chi connectivity index (χ0v) is 21.6. The Morgan fingerprint density at radius 3 is 2.84 bits per heavy atom. The number of alkyl halides is 3. The van der Waals surface area contributed by atoms with Crippen LogP contribution in [0.4, 0.5) is 34.6 Å². The minimum atomic E-state index is -4.56. The van der Waals surface area contributed by atoms with Gasteiger partial charge < -0.3 is 15.7 Å². The number of rotatable bonds is 8. The molecule has 1 saturated heterocycles. The van der Waals surface area contributed by atoms with Crippen LogP contribution in [0.3, 0.4) is 0 Å². The van der Waals surface area contributed by atoms with E-state index in [9.17, 15) is 23.1 Å². The second-order valence-electron chi connectivity index (χ2n) is 8.84. The van der Waals surface area contributed by atoms with Crippen molar-refractivity contribution in [2.45, 2.75) is 31.7 Å². The highest BCUT2D eigenvalue weighted by Gasteiger charge is 2.32. The van der Waals surface area contributed by atoms with E-state index in [-0.39, 0.29) is 12.2 Å². The predicted octanol–water partition coefficient (Wildman–Crippen LogP) is 5.03. The number of urea groups is 1. The Morgan fingerprint density at radius 2 is 2.05 bits per heavy atom. The Labute approximate surface area is 223 Å². The summed E-state index contributed by atoms with van der Waals surface area (Å²) in [6.07, 6.45) is -0.665. The van der Waals surface area contributed by atoms with Crippen LogP contribution in [0.2, 0.25) is 0 Å². The maximum absolute atomic E-state index is 13.5. The summed E-state index contributed by atoms with van der Waals surface area (Å²) < 4.78 is 41.4. The first-order valence-corrected chi connectivity index (χ1v) is 13.5. The van der Waals surface area contributed by atoms with E-state index in [1.165, 1.54) is 23.7 Å². The molecule has 38 heavy (non-hydrogen) atoms. The first-order chi connectivity index (χ1) is 18.2. The molecule has 9 nitrogen and oxygen atoms in total. The molecule has 2 amide bonds. The van der Waals surface area contributed by atoms with E-state index in [0.29, 0.717) is 43.2 Å². The molecule has 0 saturated carbocycles. The van der Waals surface area contributed by atoms with Crippen LogP contribution in [0.25, 0.3) is 10.2 Å². The van der Waals surface area contributed by atoms with Gasteiger partial charge in [-0.3, -0.25) is 10.2 Å². The average Bonchev–Trinajstić information content (AvgIpc) is 3.60. The van der Waals surface area contributed by atoms with Gasteiger partial charge in [-0.15, -0.1) is 22.7 Å². The molecule has 0 aliphatic carbocycles. The molecule has 1 fully saturated rings. The smallest absolute Gasteiger partial charge is 0.392 e. The number of β-amino-alcohol motifs (C(OH)–C–C–N with tert-alkyl or cyclic N) is 1. The first kappa shape index (κ1) is 26.3. The molecule has 4 N–H and O–H groups in total. The number of thiophene rings is 1. The Balaban J connectivity index is 1.18. The molecule has 5 rings (SSSR count). The largest absolute Gasteiger partial charge is 0.416 e. The van der Waals surface area contributed by atoms with Gasteiger partial charge in [0.1, 0.15) is 12.1 Å².